The van der Waals surface area contributed by atoms with Gasteiger partial charge in [0.15, 0.2) is 0 Å². The fraction of sp³-hybridized carbons (Fsp3) is 0.667. The molecular weight excluding hydrogens is 217 g/mol. The lowest BCUT2D eigenvalue weighted by Gasteiger charge is -2.32. The first-order valence-corrected chi connectivity index (χ1v) is 5.90. The molecule has 2 rings (SSSR count). The van der Waals surface area contributed by atoms with Crippen LogP contribution in [0.3, 0.4) is 0 Å². The zero-order valence-corrected chi connectivity index (χ0v) is 11.1. The molecule has 1 aliphatic heterocycles. The molecule has 1 aliphatic rings. The molecule has 2 N–H and O–H groups in total. The van der Waals surface area contributed by atoms with Gasteiger partial charge in [0, 0.05) is 0 Å². The maximum Gasteiger partial charge on any atom is 0.483 e. The molecule has 0 bridgehead atoms. The first-order valence-electron chi connectivity index (χ1n) is 5.90. The van der Waals surface area contributed by atoms with Crippen LogP contribution >= 0.6 is 0 Å². The second kappa shape index (κ2) is 3.87. The number of nitrogens with two attached hydrogens (primary N) is 1. The van der Waals surface area contributed by atoms with Gasteiger partial charge in [0.2, 0.25) is 0 Å². The maximum atomic E-state index is 6.11. The Morgan fingerprint density at radius 1 is 1.12 bits per heavy atom. The molecule has 0 saturated carbocycles. The molecule has 5 heteroatoms. The van der Waals surface area contributed by atoms with Gasteiger partial charge in [-0.2, -0.15) is 0 Å². The first kappa shape index (κ1) is 12.7. The van der Waals surface area contributed by atoms with Gasteiger partial charge in [-0.25, -0.2) is 0 Å². The minimum absolute atomic E-state index is 0.364. The zero-order valence-electron chi connectivity index (χ0n) is 11.1. The van der Waals surface area contributed by atoms with Crippen molar-refractivity contribution in [3.8, 4) is 0 Å². The first-order chi connectivity index (χ1) is 7.73. The monoisotopic (exact) mass is 237 g/mol. The van der Waals surface area contributed by atoms with Gasteiger partial charge in [-0.05, 0) is 46.8 Å². The number of hydrogen-bond donors (Lipinski definition) is 1. The van der Waals surface area contributed by atoms with Crippen LogP contribution in [0.4, 0.5) is 0 Å². The van der Waals surface area contributed by atoms with Crippen LogP contribution in [0.1, 0.15) is 45.2 Å². The van der Waals surface area contributed by atoms with Gasteiger partial charge in [-0.1, -0.05) is 0 Å². The Bertz CT molecular complexity index is 398. The van der Waals surface area contributed by atoms with Crippen molar-refractivity contribution in [1.82, 2.24) is 0 Å². The van der Waals surface area contributed by atoms with Crippen molar-refractivity contribution in [3.63, 3.8) is 0 Å². The van der Waals surface area contributed by atoms with Gasteiger partial charge in [0.25, 0.3) is 0 Å². The Kier molecular flexibility index (Phi) is 2.88. The van der Waals surface area contributed by atoms with E-state index >= 15 is 0 Å². The number of hydrogen-bond acceptors (Lipinski definition) is 4. The van der Waals surface area contributed by atoms with E-state index in [0.29, 0.717) is 5.76 Å². The average Bonchev–Trinajstić information content (AvgIpc) is 2.69. The summed E-state index contributed by atoms with van der Waals surface area (Å²) in [6.07, 6.45) is 0. The molecule has 2 heterocycles. The summed E-state index contributed by atoms with van der Waals surface area (Å²) >= 11 is 0. The van der Waals surface area contributed by atoms with Crippen LogP contribution in [0, 0.1) is 6.92 Å². The minimum atomic E-state index is -0.467. The average molecular weight is 237 g/mol. The van der Waals surface area contributed by atoms with Crippen molar-refractivity contribution in [3.05, 3.63) is 23.7 Å². The highest BCUT2D eigenvalue weighted by Crippen LogP contribution is 2.39. The summed E-state index contributed by atoms with van der Waals surface area (Å²) in [4.78, 5) is 0. The lowest BCUT2D eigenvalue weighted by molar-refractivity contribution is 0.00578. The molecule has 4 nitrogen and oxygen atoms in total. The normalized spacial score (nSPS) is 24.0. The summed E-state index contributed by atoms with van der Waals surface area (Å²) in [7, 11) is -0.467. The van der Waals surface area contributed by atoms with E-state index in [0.717, 1.165) is 5.76 Å². The molecule has 1 saturated heterocycles. The van der Waals surface area contributed by atoms with Crippen molar-refractivity contribution in [2.75, 3.05) is 0 Å². The number of rotatable bonds is 2. The maximum absolute atomic E-state index is 6.11. The van der Waals surface area contributed by atoms with Crippen molar-refractivity contribution in [2.45, 2.75) is 51.8 Å². The van der Waals surface area contributed by atoms with Crippen molar-refractivity contribution in [2.24, 2.45) is 5.73 Å². The third-order valence-corrected chi connectivity index (χ3v) is 3.65. The quantitative estimate of drug-likeness (QED) is 0.801. The van der Waals surface area contributed by atoms with E-state index < -0.39 is 13.1 Å². The molecule has 94 valence electrons. The zero-order chi connectivity index (χ0) is 12.8. The highest BCUT2D eigenvalue weighted by Gasteiger charge is 2.53. The lowest BCUT2D eigenvalue weighted by atomic mass is 9.77. The van der Waals surface area contributed by atoms with Gasteiger partial charge < -0.3 is 19.5 Å². The molecule has 0 spiro atoms. The molecule has 0 radical (unpaired) electrons. The smallest absolute Gasteiger partial charge is 0.465 e. The SMILES string of the molecule is Cc1ccc([C@H](N)B2OC(C)(C)C(C)(C)O2)o1. The third-order valence-electron chi connectivity index (χ3n) is 3.65. The van der Waals surface area contributed by atoms with Crippen molar-refractivity contribution in [1.29, 1.82) is 0 Å². The van der Waals surface area contributed by atoms with Gasteiger partial charge in [0.05, 0.1) is 17.1 Å². The van der Waals surface area contributed by atoms with Crippen molar-refractivity contribution >= 4 is 7.12 Å². The predicted molar refractivity (Wildman–Crippen MR) is 66.5 cm³/mol. The highest BCUT2D eigenvalue weighted by atomic mass is 16.7. The van der Waals surface area contributed by atoms with Crippen LogP contribution in [0.5, 0.6) is 0 Å². The van der Waals surface area contributed by atoms with Crippen LogP contribution in [-0.2, 0) is 9.31 Å². The highest BCUT2D eigenvalue weighted by molar-refractivity contribution is 6.47. The van der Waals surface area contributed by atoms with Gasteiger partial charge in [0.1, 0.15) is 11.5 Å². The molecule has 1 aromatic rings. The second-order valence-electron chi connectivity index (χ2n) is 5.60. The van der Waals surface area contributed by atoms with E-state index in [4.69, 9.17) is 19.5 Å². The van der Waals surface area contributed by atoms with Crippen LogP contribution in [0.2, 0.25) is 0 Å². The molecular formula is C12H20BNO3. The summed E-state index contributed by atoms with van der Waals surface area (Å²) in [5.41, 5.74) is 5.38. The molecule has 0 aromatic carbocycles. The second-order valence-corrected chi connectivity index (χ2v) is 5.60. The molecule has 1 fully saturated rings. The van der Waals surface area contributed by atoms with E-state index in [1.807, 2.05) is 46.8 Å². The Morgan fingerprint density at radius 2 is 1.65 bits per heavy atom. The molecule has 17 heavy (non-hydrogen) atoms. The number of aryl methyl sites for hydroxylation is 1. The standard InChI is InChI=1S/C12H20BNO3/c1-8-6-7-9(15-8)10(14)13-16-11(2,3)12(4,5)17-13/h6-7,10H,14H2,1-5H3/t10-/m0/s1. The Morgan fingerprint density at radius 3 is 2.06 bits per heavy atom. The van der Waals surface area contributed by atoms with Gasteiger partial charge in [-0.15, -0.1) is 0 Å². The summed E-state index contributed by atoms with van der Waals surface area (Å²) in [6.45, 7) is 9.92. The molecule has 1 atom stereocenters. The van der Waals surface area contributed by atoms with Gasteiger partial charge >= 0.3 is 7.12 Å². The van der Waals surface area contributed by atoms with E-state index in [1.54, 1.807) is 0 Å². The summed E-state index contributed by atoms with van der Waals surface area (Å²) < 4.78 is 17.3. The largest absolute Gasteiger partial charge is 0.483 e. The Labute approximate surface area is 103 Å². The van der Waals surface area contributed by atoms with E-state index in [2.05, 4.69) is 0 Å². The summed E-state index contributed by atoms with van der Waals surface area (Å²) in [6, 6.07) is 3.76. The third kappa shape index (κ3) is 2.15. The van der Waals surface area contributed by atoms with E-state index in [1.165, 1.54) is 0 Å². The predicted octanol–water partition coefficient (Wildman–Crippen LogP) is 2.22. The topological polar surface area (TPSA) is 57.6 Å². The fourth-order valence-corrected chi connectivity index (χ4v) is 1.80. The van der Waals surface area contributed by atoms with Gasteiger partial charge in [-0.3, -0.25) is 0 Å². The molecule has 1 aromatic heterocycles. The minimum Gasteiger partial charge on any atom is -0.465 e. The van der Waals surface area contributed by atoms with E-state index in [9.17, 15) is 0 Å². The van der Waals surface area contributed by atoms with Crippen LogP contribution in [0.15, 0.2) is 16.5 Å². The van der Waals surface area contributed by atoms with Crippen LogP contribution in [-0.4, -0.2) is 18.3 Å². The Hall–Kier alpha value is -0.775. The van der Waals surface area contributed by atoms with E-state index in [-0.39, 0.29) is 11.2 Å². The summed E-state index contributed by atoms with van der Waals surface area (Å²) in [5, 5.41) is 0. The molecule has 0 aliphatic carbocycles. The lowest BCUT2D eigenvalue weighted by Crippen LogP contribution is -2.41. The van der Waals surface area contributed by atoms with Crippen LogP contribution < -0.4 is 5.73 Å². The molecule has 0 amide bonds. The Balaban J connectivity index is 2.16. The summed E-state index contributed by atoms with van der Waals surface area (Å²) in [5.74, 6) is 1.14. The molecule has 0 unspecified atom stereocenters. The number of furan rings is 1. The van der Waals surface area contributed by atoms with Crippen LogP contribution in [0.25, 0.3) is 0 Å². The van der Waals surface area contributed by atoms with Crippen molar-refractivity contribution < 1.29 is 13.7 Å². The fourth-order valence-electron chi connectivity index (χ4n) is 1.80.